The van der Waals surface area contributed by atoms with Gasteiger partial charge in [-0.25, -0.2) is 4.98 Å². The molecule has 1 saturated heterocycles. The van der Waals surface area contributed by atoms with Gasteiger partial charge >= 0.3 is 0 Å². The molecule has 3 N–H and O–H groups in total. The molecule has 63 heavy (non-hydrogen) atoms. The molecule has 354 valence electrons. The fourth-order valence-electron chi connectivity index (χ4n) is 9.21. The second kappa shape index (κ2) is 25.5. The Labute approximate surface area is 382 Å². The van der Waals surface area contributed by atoms with Crippen molar-refractivity contribution in [2.75, 3.05) is 41.9 Å². The first kappa shape index (κ1) is 53.4. The highest BCUT2D eigenvalue weighted by Gasteiger charge is 2.44. The van der Waals surface area contributed by atoms with Crippen molar-refractivity contribution in [3.8, 4) is 0 Å². The summed E-state index contributed by atoms with van der Waals surface area (Å²) in [4.78, 5) is 80.3. The first-order valence-corrected chi connectivity index (χ1v) is 23.9. The zero-order valence-corrected chi connectivity index (χ0v) is 41.4. The van der Waals surface area contributed by atoms with Crippen molar-refractivity contribution in [2.45, 2.75) is 149 Å². The second-order valence-electron chi connectivity index (χ2n) is 18.2. The van der Waals surface area contributed by atoms with Gasteiger partial charge in [-0.1, -0.05) is 105 Å². The summed E-state index contributed by atoms with van der Waals surface area (Å²) in [6.07, 6.45) is 4.02. The van der Waals surface area contributed by atoms with E-state index in [1.54, 1.807) is 46.5 Å². The summed E-state index contributed by atoms with van der Waals surface area (Å²) in [6.45, 7) is 18.0. The lowest BCUT2D eigenvalue weighted by Gasteiger charge is -2.41. The standard InChI is InChI=1S/C48H79N7O7S/c1-15-31(7)40(49-10)48(60)53(11)41(30(5)6)45(58)52-39(29(3)4)47(59)54(12)42(32(8)16-2)37(61-13)28-38(56)55-25-20-23-36(55)43(62-14)33(9)44(57)51-35(46-50-24-26-63-46)27-34-21-18-17-19-22-34/h17-19,21-22,24,26,29-33,35-37,39-43,49H,15-16,20,23,25,27-28H2,1-14H3,(H,51,57)(H,52,58)/t31-,32-,33+,35-,36?,37+,39?,40-,41?,42-,43+/m0/s1. The van der Waals surface area contributed by atoms with Gasteiger partial charge in [0, 0.05) is 46.4 Å². The maximum absolute atomic E-state index is 14.6. The fourth-order valence-corrected chi connectivity index (χ4v) is 9.90. The van der Waals surface area contributed by atoms with Crippen molar-refractivity contribution in [3.05, 3.63) is 52.5 Å². The molecule has 1 aliphatic rings. The topological polar surface area (TPSA) is 163 Å². The van der Waals surface area contributed by atoms with Crippen LogP contribution in [0.1, 0.15) is 111 Å². The van der Waals surface area contributed by atoms with Crippen LogP contribution in [0.2, 0.25) is 0 Å². The monoisotopic (exact) mass is 898 g/mol. The van der Waals surface area contributed by atoms with Crippen LogP contribution in [0.3, 0.4) is 0 Å². The van der Waals surface area contributed by atoms with E-state index in [0.717, 1.165) is 23.4 Å². The number of nitrogens with one attached hydrogen (secondary N) is 3. The third-order valence-electron chi connectivity index (χ3n) is 13.3. The molecule has 1 aromatic carbocycles. The van der Waals surface area contributed by atoms with Crippen LogP contribution in [0.25, 0.3) is 0 Å². The van der Waals surface area contributed by atoms with Crippen LogP contribution in [0.15, 0.2) is 41.9 Å². The van der Waals surface area contributed by atoms with Gasteiger partial charge in [-0.05, 0) is 55.5 Å². The predicted molar refractivity (Wildman–Crippen MR) is 250 cm³/mol. The first-order valence-electron chi connectivity index (χ1n) is 23.0. The lowest BCUT2D eigenvalue weighted by atomic mass is 9.89. The highest BCUT2D eigenvalue weighted by molar-refractivity contribution is 7.09. The van der Waals surface area contributed by atoms with E-state index in [2.05, 4.69) is 20.9 Å². The van der Waals surface area contributed by atoms with Gasteiger partial charge in [0.25, 0.3) is 0 Å². The van der Waals surface area contributed by atoms with Gasteiger partial charge in [0.2, 0.25) is 29.5 Å². The molecule has 3 unspecified atom stereocenters. The van der Waals surface area contributed by atoms with Crippen LogP contribution in [0.4, 0.5) is 0 Å². The van der Waals surface area contributed by atoms with Crippen molar-refractivity contribution in [2.24, 2.45) is 29.6 Å². The van der Waals surface area contributed by atoms with Gasteiger partial charge in [-0.3, -0.25) is 24.0 Å². The van der Waals surface area contributed by atoms with E-state index in [4.69, 9.17) is 9.47 Å². The van der Waals surface area contributed by atoms with E-state index in [1.165, 1.54) is 16.2 Å². The number of rotatable bonds is 25. The van der Waals surface area contributed by atoms with Gasteiger partial charge < -0.3 is 40.1 Å². The molecule has 0 saturated carbocycles. The number of nitrogens with zero attached hydrogens (tertiary/aromatic N) is 4. The minimum Gasteiger partial charge on any atom is -0.379 e. The largest absolute Gasteiger partial charge is 0.379 e. The summed E-state index contributed by atoms with van der Waals surface area (Å²) < 4.78 is 12.2. The number of benzene rings is 1. The van der Waals surface area contributed by atoms with Gasteiger partial charge in [0.1, 0.15) is 17.1 Å². The Hall–Kier alpha value is -3.92. The van der Waals surface area contributed by atoms with Gasteiger partial charge in [-0.15, -0.1) is 11.3 Å². The SMILES string of the molecule is CC[C@H](C)[C@@H]([C@@H](CC(=O)N1CCCC1[C@H](OC)[C@@H](C)C(=O)N[C@@H](Cc1ccccc1)c1nccs1)OC)N(C)C(=O)C(NC(=O)C(C(C)C)N(C)C(=O)[C@@H](NC)[C@@H](C)CC)C(C)C. The Morgan fingerprint density at radius 2 is 1.48 bits per heavy atom. The van der Waals surface area contributed by atoms with Crippen molar-refractivity contribution < 1.29 is 33.4 Å². The minimum absolute atomic E-state index is 0.00365. The summed E-state index contributed by atoms with van der Waals surface area (Å²) in [5.41, 5.74) is 1.08. The Morgan fingerprint density at radius 1 is 0.841 bits per heavy atom. The molecule has 15 heteroatoms. The number of carbonyl (C=O) groups is 5. The Bertz CT molecular complexity index is 1730. The molecule has 3 rings (SSSR count). The third kappa shape index (κ3) is 13.8. The van der Waals surface area contributed by atoms with Gasteiger partial charge in [0.15, 0.2) is 0 Å². The number of likely N-dealkylation sites (tertiary alicyclic amines) is 1. The number of amides is 5. The molecule has 2 heterocycles. The molecular formula is C48H79N7O7S. The molecule has 0 radical (unpaired) electrons. The van der Waals surface area contributed by atoms with Crippen LogP contribution < -0.4 is 16.0 Å². The molecule has 1 aromatic heterocycles. The molecule has 0 spiro atoms. The van der Waals surface area contributed by atoms with Gasteiger partial charge in [0.05, 0.1) is 48.7 Å². The molecule has 1 fully saturated rings. The highest BCUT2D eigenvalue weighted by Crippen LogP contribution is 2.31. The molecule has 11 atom stereocenters. The number of methoxy groups -OCH3 is 2. The van der Waals surface area contributed by atoms with E-state index >= 15 is 0 Å². The quantitative estimate of drug-likeness (QED) is 0.113. The smallest absolute Gasteiger partial charge is 0.245 e. The lowest BCUT2D eigenvalue weighted by molar-refractivity contribution is -0.149. The van der Waals surface area contributed by atoms with E-state index in [1.807, 2.05) is 103 Å². The average molecular weight is 898 g/mol. The van der Waals surface area contributed by atoms with Crippen LogP contribution in [0.5, 0.6) is 0 Å². The fraction of sp³-hybridized carbons (Fsp3) is 0.708. The van der Waals surface area contributed by atoms with Crippen molar-refractivity contribution >= 4 is 40.9 Å². The third-order valence-corrected chi connectivity index (χ3v) is 14.2. The van der Waals surface area contributed by atoms with E-state index in [9.17, 15) is 24.0 Å². The summed E-state index contributed by atoms with van der Waals surface area (Å²) in [6, 6.07) is 6.65. The second-order valence-corrected chi connectivity index (χ2v) is 19.2. The van der Waals surface area contributed by atoms with Gasteiger partial charge in [-0.2, -0.15) is 0 Å². The number of thiazole rings is 1. The molecule has 0 bridgehead atoms. The lowest BCUT2D eigenvalue weighted by Crippen LogP contribution is -2.61. The number of carbonyl (C=O) groups excluding carboxylic acids is 5. The number of hydrogen-bond donors (Lipinski definition) is 3. The molecule has 0 aliphatic carbocycles. The van der Waals surface area contributed by atoms with E-state index < -0.39 is 48.2 Å². The molecule has 2 aromatic rings. The number of aromatic nitrogens is 1. The molecule has 5 amide bonds. The summed E-state index contributed by atoms with van der Waals surface area (Å²) in [7, 11) is 8.27. The zero-order chi connectivity index (χ0) is 47.1. The molecular weight excluding hydrogens is 819 g/mol. The number of likely N-dealkylation sites (N-methyl/N-ethyl adjacent to an activating group) is 3. The summed E-state index contributed by atoms with van der Waals surface area (Å²) in [5, 5.41) is 12.1. The maximum atomic E-state index is 14.6. The van der Waals surface area contributed by atoms with Crippen LogP contribution in [-0.2, 0) is 39.9 Å². The average Bonchev–Trinajstić information content (AvgIpc) is 3.99. The van der Waals surface area contributed by atoms with Crippen molar-refractivity contribution in [1.29, 1.82) is 0 Å². The first-order chi connectivity index (χ1) is 29.9. The molecule has 1 aliphatic heterocycles. The van der Waals surface area contributed by atoms with Crippen LogP contribution in [0, 0.1) is 29.6 Å². The van der Waals surface area contributed by atoms with Crippen LogP contribution in [-0.4, -0.2) is 134 Å². The Balaban J connectivity index is 1.81. The maximum Gasteiger partial charge on any atom is 0.245 e. The Kier molecular flexibility index (Phi) is 21.7. The number of hydrogen-bond acceptors (Lipinski definition) is 10. The minimum atomic E-state index is -0.900. The molecule has 14 nitrogen and oxygen atoms in total. The number of ether oxygens (including phenoxy) is 2. The normalized spacial score (nSPS) is 19.0. The van der Waals surface area contributed by atoms with Crippen LogP contribution >= 0.6 is 11.3 Å². The predicted octanol–water partition coefficient (Wildman–Crippen LogP) is 5.72. The van der Waals surface area contributed by atoms with E-state index in [0.29, 0.717) is 25.8 Å². The zero-order valence-electron chi connectivity index (χ0n) is 40.6. The van der Waals surface area contributed by atoms with Crippen molar-refractivity contribution in [3.63, 3.8) is 0 Å². The Morgan fingerprint density at radius 3 is 2.00 bits per heavy atom. The van der Waals surface area contributed by atoms with E-state index in [-0.39, 0.29) is 65.8 Å². The summed E-state index contributed by atoms with van der Waals surface area (Å²) >= 11 is 1.50. The summed E-state index contributed by atoms with van der Waals surface area (Å²) in [5.74, 6) is -2.30. The highest BCUT2D eigenvalue weighted by atomic mass is 32.1. The van der Waals surface area contributed by atoms with Crippen molar-refractivity contribution in [1.82, 2.24) is 35.6 Å².